The highest BCUT2D eigenvalue weighted by molar-refractivity contribution is 6.05. The molecule has 0 bridgehead atoms. The molecule has 2 amide bonds. The number of benzene rings is 2. The third kappa shape index (κ3) is 4.99. The molecule has 2 aromatic rings. The van der Waals surface area contributed by atoms with Crippen LogP contribution < -0.4 is 20.1 Å². The van der Waals surface area contributed by atoms with Crippen LogP contribution in [0.1, 0.15) is 31.1 Å². The molecule has 0 unspecified atom stereocenters. The van der Waals surface area contributed by atoms with Crippen molar-refractivity contribution in [1.82, 2.24) is 0 Å². The summed E-state index contributed by atoms with van der Waals surface area (Å²) in [6.07, 6.45) is 0. The van der Waals surface area contributed by atoms with Gasteiger partial charge in [0.1, 0.15) is 11.5 Å². The minimum absolute atomic E-state index is 0.118. The largest absolute Gasteiger partial charge is 0.497 e. The Morgan fingerprint density at radius 3 is 2.00 bits per heavy atom. The summed E-state index contributed by atoms with van der Waals surface area (Å²) in [6, 6.07) is 11.9. The number of carbonyl (C=O) groups is 2. The fourth-order valence-corrected chi connectivity index (χ4v) is 2.14. The minimum atomic E-state index is -0.518. The molecule has 26 heavy (non-hydrogen) atoms. The fraction of sp³-hybridized carbons (Fsp3) is 0.300. The summed E-state index contributed by atoms with van der Waals surface area (Å²) in [4.78, 5) is 24.7. The van der Waals surface area contributed by atoms with Crippen LogP contribution in [-0.2, 0) is 4.79 Å². The molecule has 0 aromatic heterocycles. The molecule has 138 valence electrons. The highest BCUT2D eigenvalue weighted by Gasteiger charge is 2.21. The van der Waals surface area contributed by atoms with Crippen molar-refractivity contribution in [1.29, 1.82) is 0 Å². The Morgan fingerprint density at radius 1 is 0.846 bits per heavy atom. The van der Waals surface area contributed by atoms with Crippen molar-refractivity contribution in [2.45, 2.75) is 20.8 Å². The number of amides is 2. The number of hydrogen-bond acceptors (Lipinski definition) is 4. The van der Waals surface area contributed by atoms with Gasteiger partial charge in [-0.05, 0) is 18.2 Å². The first-order valence-corrected chi connectivity index (χ1v) is 8.19. The third-order valence-electron chi connectivity index (χ3n) is 3.67. The molecule has 0 fully saturated rings. The van der Waals surface area contributed by atoms with Gasteiger partial charge in [-0.2, -0.15) is 0 Å². The molecule has 0 aliphatic rings. The zero-order valence-electron chi connectivity index (χ0n) is 15.7. The van der Waals surface area contributed by atoms with E-state index in [4.69, 9.17) is 9.47 Å². The summed E-state index contributed by atoms with van der Waals surface area (Å²) in [5.74, 6) is 0.733. The lowest BCUT2D eigenvalue weighted by Gasteiger charge is -2.18. The predicted molar refractivity (Wildman–Crippen MR) is 102 cm³/mol. The molecule has 0 heterocycles. The lowest BCUT2D eigenvalue weighted by molar-refractivity contribution is -0.123. The number of rotatable bonds is 5. The van der Waals surface area contributed by atoms with Gasteiger partial charge in [-0.15, -0.1) is 0 Å². The number of nitrogens with one attached hydrogen (secondary N) is 2. The fourth-order valence-electron chi connectivity index (χ4n) is 2.14. The molecular formula is C20H24N2O4. The van der Waals surface area contributed by atoms with E-state index in [1.807, 2.05) is 20.8 Å². The van der Waals surface area contributed by atoms with Crippen LogP contribution in [0.3, 0.4) is 0 Å². The van der Waals surface area contributed by atoms with Crippen LogP contribution in [0.15, 0.2) is 42.5 Å². The van der Waals surface area contributed by atoms with Gasteiger partial charge >= 0.3 is 0 Å². The Labute approximate surface area is 153 Å². The van der Waals surface area contributed by atoms with E-state index in [0.717, 1.165) is 0 Å². The number of ether oxygens (including phenoxy) is 2. The van der Waals surface area contributed by atoms with Gasteiger partial charge in [-0.3, -0.25) is 9.59 Å². The summed E-state index contributed by atoms with van der Waals surface area (Å²) in [5.41, 5.74) is 1.03. The van der Waals surface area contributed by atoms with Crippen molar-refractivity contribution in [3.8, 4) is 11.5 Å². The molecule has 6 nitrogen and oxygen atoms in total. The number of hydrogen-bond donors (Lipinski definition) is 2. The molecule has 0 aliphatic heterocycles. The maximum atomic E-state index is 12.5. The molecule has 0 saturated carbocycles. The third-order valence-corrected chi connectivity index (χ3v) is 3.67. The first kappa shape index (κ1) is 19.3. The standard InChI is InChI=1S/C20H24N2O4/c1-20(2,3)19(24)22-14-8-6-7-13(9-14)18(23)21-15-10-16(25-4)12-17(11-15)26-5/h6-12H,1-5H3,(H,21,23)(H,22,24). The van der Waals surface area contributed by atoms with Crippen LogP contribution in [0, 0.1) is 5.41 Å². The van der Waals surface area contributed by atoms with Crippen LogP contribution in [-0.4, -0.2) is 26.0 Å². The molecule has 0 spiro atoms. The SMILES string of the molecule is COc1cc(NC(=O)c2cccc(NC(=O)C(C)(C)C)c2)cc(OC)c1. The quantitative estimate of drug-likeness (QED) is 0.851. The van der Waals surface area contributed by atoms with E-state index < -0.39 is 5.41 Å². The van der Waals surface area contributed by atoms with Gasteiger partial charge in [0.15, 0.2) is 0 Å². The summed E-state index contributed by atoms with van der Waals surface area (Å²) < 4.78 is 10.4. The maximum Gasteiger partial charge on any atom is 0.255 e. The zero-order chi connectivity index (χ0) is 19.3. The zero-order valence-corrected chi connectivity index (χ0v) is 15.7. The molecule has 0 radical (unpaired) electrons. The molecule has 0 saturated heterocycles. The highest BCUT2D eigenvalue weighted by Crippen LogP contribution is 2.26. The van der Waals surface area contributed by atoms with Gasteiger partial charge < -0.3 is 20.1 Å². The second-order valence-electron chi connectivity index (χ2n) is 6.84. The van der Waals surface area contributed by atoms with Crippen molar-refractivity contribution in [2.24, 2.45) is 5.41 Å². The van der Waals surface area contributed by atoms with E-state index in [-0.39, 0.29) is 11.8 Å². The first-order chi connectivity index (χ1) is 12.2. The van der Waals surface area contributed by atoms with Crippen LogP contribution in [0.2, 0.25) is 0 Å². The van der Waals surface area contributed by atoms with Gasteiger partial charge in [0, 0.05) is 40.6 Å². The van der Waals surface area contributed by atoms with Crippen LogP contribution in [0.5, 0.6) is 11.5 Å². The summed E-state index contributed by atoms with van der Waals surface area (Å²) in [6.45, 7) is 5.49. The van der Waals surface area contributed by atoms with Crippen LogP contribution in [0.4, 0.5) is 11.4 Å². The van der Waals surface area contributed by atoms with E-state index in [1.165, 1.54) is 0 Å². The first-order valence-electron chi connectivity index (χ1n) is 8.19. The van der Waals surface area contributed by atoms with E-state index >= 15 is 0 Å². The van der Waals surface area contributed by atoms with Crippen LogP contribution in [0.25, 0.3) is 0 Å². The van der Waals surface area contributed by atoms with Gasteiger partial charge in [0.2, 0.25) is 5.91 Å². The smallest absolute Gasteiger partial charge is 0.255 e. The Kier molecular flexibility index (Phi) is 5.87. The van der Waals surface area contributed by atoms with E-state index in [0.29, 0.717) is 28.4 Å². The van der Waals surface area contributed by atoms with Crippen molar-refractivity contribution in [3.05, 3.63) is 48.0 Å². The molecular weight excluding hydrogens is 332 g/mol. The second kappa shape index (κ2) is 7.91. The van der Waals surface area contributed by atoms with Crippen LogP contribution >= 0.6 is 0 Å². The van der Waals surface area contributed by atoms with Crippen molar-refractivity contribution in [2.75, 3.05) is 24.9 Å². The van der Waals surface area contributed by atoms with Gasteiger partial charge in [0.25, 0.3) is 5.91 Å². The van der Waals surface area contributed by atoms with Gasteiger partial charge in [-0.1, -0.05) is 26.8 Å². The number of carbonyl (C=O) groups excluding carboxylic acids is 2. The van der Waals surface area contributed by atoms with E-state index in [2.05, 4.69) is 10.6 Å². The average molecular weight is 356 g/mol. The predicted octanol–water partition coefficient (Wildman–Crippen LogP) is 3.94. The summed E-state index contributed by atoms with van der Waals surface area (Å²) in [5, 5.41) is 5.63. The molecule has 6 heteroatoms. The van der Waals surface area contributed by atoms with E-state index in [9.17, 15) is 9.59 Å². The van der Waals surface area contributed by atoms with Crippen molar-refractivity contribution in [3.63, 3.8) is 0 Å². The second-order valence-corrected chi connectivity index (χ2v) is 6.84. The summed E-state index contributed by atoms with van der Waals surface area (Å²) >= 11 is 0. The van der Waals surface area contributed by atoms with Crippen molar-refractivity contribution >= 4 is 23.2 Å². The Balaban J connectivity index is 2.18. The average Bonchev–Trinajstić information content (AvgIpc) is 2.60. The Morgan fingerprint density at radius 2 is 1.46 bits per heavy atom. The lowest BCUT2D eigenvalue weighted by Crippen LogP contribution is -2.27. The Bertz CT molecular complexity index is 787. The molecule has 2 N–H and O–H groups in total. The highest BCUT2D eigenvalue weighted by atomic mass is 16.5. The van der Waals surface area contributed by atoms with Gasteiger partial charge in [-0.25, -0.2) is 0 Å². The lowest BCUT2D eigenvalue weighted by atomic mass is 9.95. The molecule has 2 rings (SSSR count). The monoisotopic (exact) mass is 356 g/mol. The topological polar surface area (TPSA) is 76.7 Å². The molecule has 2 aromatic carbocycles. The maximum absolute atomic E-state index is 12.5. The van der Waals surface area contributed by atoms with Crippen molar-refractivity contribution < 1.29 is 19.1 Å². The normalized spacial score (nSPS) is 10.8. The minimum Gasteiger partial charge on any atom is -0.497 e. The Hall–Kier alpha value is -3.02. The molecule has 0 atom stereocenters. The molecule has 0 aliphatic carbocycles. The summed E-state index contributed by atoms with van der Waals surface area (Å²) in [7, 11) is 3.09. The van der Waals surface area contributed by atoms with Gasteiger partial charge in [0.05, 0.1) is 14.2 Å². The number of methoxy groups -OCH3 is 2. The van der Waals surface area contributed by atoms with E-state index in [1.54, 1.807) is 56.7 Å². The number of anilines is 2.